The average molecular weight is 262 g/mol. The first-order chi connectivity index (χ1) is 8.63. The highest BCUT2D eigenvalue weighted by molar-refractivity contribution is 8.00. The molecule has 0 saturated carbocycles. The van der Waals surface area contributed by atoms with Gasteiger partial charge in [-0.1, -0.05) is 23.9 Å². The monoisotopic (exact) mass is 262 g/mol. The van der Waals surface area contributed by atoms with Gasteiger partial charge in [-0.15, -0.1) is 10.2 Å². The first-order valence-electron chi connectivity index (χ1n) is 5.34. The van der Waals surface area contributed by atoms with E-state index in [1.807, 2.05) is 0 Å². The second kappa shape index (κ2) is 5.19. The fourth-order valence-corrected chi connectivity index (χ4v) is 2.18. The molecular formula is C12H11FN4S. The summed E-state index contributed by atoms with van der Waals surface area (Å²) in [6.07, 6.45) is 0. The smallest absolute Gasteiger partial charge is 0.192 e. The summed E-state index contributed by atoms with van der Waals surface area (Å²) < 4.78 is 15.3. The molecule has 6 heteroatoms. The molecule has 1 aromatic carbocycles. The van der Waals surface area contributed by atoms with Crippen LogP contribution >= 0.6 is 11.8 Å². The van der Waals surface area contributed by atoms with Crippen LogP contribution in [0.2, 0.25) is 0 Å². The molecule has 0 aliphatic rings. The zero-order chi connectivity index (χ0) is 13.1. The lowest BCUT2D eigenvalue weighted by atomic mass is 10.2. The van der Waals surface area contributed by atoms with E-state index in [4.69, 9.17) is 5.26 Å². The quantitative estimate of drug-likeness (QED) is 0.798. The largest absolute Gasteiger partial charge is 0.305 e. The minimum Gasteiger partial charge on any atom is -0.305 e. The van der Waals surface area contributed by atoms with Crippen LogP contribution in [0.5, 0.6) is 0 Å². The Balaban J connectivity index is 2.38. The maximum atomic E-state index is 13.7. The number of rotatable bonds is 3. The van der Waals surface area contributed by atoms with Crippen molar-refractivity contribution >= 4 is 11.8 Å². The molecule has 0 N–H and O–H groups in total. The summed E-state index contributed by atoms with van der Waals surface area (Å²) in [6, 6.07) is 8.52. The molecule has 0 saturated heterocycles. The van der Waals surface area contributed by atoms with Crippen molar-refractivity contribution in [1.29, 1.82) is 5.26 Å². The van der Waals surface area contributed by atoms with E-state index in [2.05, 4.69) is 16.3 Å². The van der Waals surface area contributed by atoms with Crippen molar-refractivity contribution in [2.24, 2.45) is 7.05 Å². The van der Waals surface area contributed by atoms with Crippen LogP contribution in [0.15, 0.2) is 29.4 Å². The fraction of sp³-hybridized carbons (Fsp3) is 0.250. The van der Waals surface area contributed by atoms with Crippen LogP contribution in [-0.4, -0.2) is 20.0 Å². The van der Waals surface area contributed by atoms with Crippen molar-refractivity contribution in [3.05, 3.63) is 30.1 Å². The van der Waals surface area contributed by atoms with Crippen LogP contribution in [0.4, 0.5) is 4.39 Å². The van der Waals surface area contributed by atoms with Crippen LogP contribution in [0.25, 0.3) is 11.4 Å². The third kappa shape index (κ3) is 2.36. The molecule has 0 fully saturated rings. The lowest BCUT2D eigenvalue weighted by molar-refractivity contribution is 0.628. The molecule has 2 aromatic rings. The number of halogens is 1. The molecule has 1 unspecified atom stereocenters. The minimum atomic E-state index is -0.335. The highest BCUT2D eigenvalue weighted by Crippen LogP contribution is 2.26. The van der Waals surface area contributed by atoms with Gasteiger partial charge >= 0.3 is 0 Å². The SMILES string of the molecule is CC(C#N)Sc1nnc(-c2ccccc2F)n1C. The number of nitriles is 1. The normalized spacial score (nSPS) is 12.1. The Morgan fingerprint density at radius 3 is 2.78 bits per heavy atom. The van der Waals surface area contributed by atoms with Crippen molar-refractivity contribution in [2.45, 2.75) is 17.3 Å². The van der Waals surface area contributed by atoms with Crippen molar-refractivity contribution in [2.75, 3.05) is 0 Å². The second-order valence-electron chi connectivity index (χ2n) is 3.73. The van der Waals surface area contributed by atoms with E-state index in [1.54, 1.807) is 36.7 Å². The highest BCUT2D eigenvalue weighted by Gasteiger charge is 2.15. The van der Waals surface area contributed by atoms with Gasteiger partial charge in [0, 0.05) is 7.05 Å². The summed E-state index contributed by atoms with van der Waals surface area (Å²) in [5.41, 5.74) is 0.406. The zero-order valence-electron chi connectivity index (χ0n) is 9.96. The first kappa shape index (κ1) is 12.6. The van der Waals surface area contributed by atoms with Crippen molar-refractivity contribution in [3.63, 3.8) is 0 Å². The molecule has 0 aliphatic heterocycles. The van der Waals surface area contributed by atoms with Gasteiger partial charge < -0.3 is 4.57 Å². The molecule has 1 atom stereocenters. The summed E-state index contributed by atoms with van der Waals surface area (Å²) in [7, 11) is 1.76. The van der Waals surface area contributed by atoms with Crippen LogP contribution in [0.1, 0.15) is 6.92 Å². The molecular weight excluding hydrogens is 251 g/mol. The molecule has 0 spiro atoms. The van der Waals surface area contributed by atoms with Gasteiger partial charge in [-0.3, -0.25) is 0 Å². The Labute approximate surface area is 108 Å². The summed E-state index contributed by atoms with van der Waals surface area (Å²) in [5.74, 6) is 0.124. The van der Waals surface area contributed by atoms with Crippen LogP contribution in [-0.2, 0) is 7.05 Å². The van der Waals surface area contributed by atoms with E-state index in [0.29, 0.717) is 16.5 Å². The van der Waals surface area contributed by atoms with E-state index in [0.717, 1.165) is 0 Å². The lowest BCUT2D eigenvalue weighted by Gasteiger charge is -2.05. The van der Waals surface area contributed by atoms with Crippen LogP contribution in [0.3, 0.4) is 0 Å². The number of thioether (sulfide) groups is 1. The average Bonchev–Trinajstić information content (AvgIpc) is 2.72. The predicted molar refractivity (Wildman–Crippen MR) is 67.3 cm³/mol. The third-order valence-electron chi connectivity index (χ3n) is 2.41. The van der Waals surface area contributed by atoms with Gasteiger partial charge in [-0.05, 0) is 19.1 Å². The maximum absolute atomic E-state index is 13.7. The molecule has 2 rings (SSSR count). The molecule has 0 amide bonds. The Kier molecular flexibility index (Phi) is 3.63. The molecule has 92 valence electrons. The molecule has 1 aromatic heterocycles. The number of nitrogens with zero attached hydrogens (tertiary/aromatic N) is 4. The lowest BCUT2D eigenvalue weighted by Crippen LogP contribution is -1.99. The van der Waals surface area contributed by atoms with Crippen LogP contribution in [0, 0.1) is 17.1 Å². The number of hydrogen-bond donors (Lipinski definition) is 0. The Morgan fingerprint density at radius 2 is 2.11 bits per heavy atom. The van der Waals surface area contributed by atoms with Crippen molar-refractivity contribution in [1.82, 2.24) is 14.8 Å². The molecule has 0 bridgehead atoms. The Morgan fingerprint density at radius 1 is 1.39 bits per heavy atom. The summed E-state index contributed by atoms with van der Waals surface area (Å²) in [6.45, 7) is 1.78. The van der Waals surface area contributed by atoms with Gasteiger partial charge in [-0.25, -0.2) is 4.39 Å². The summed E-state index contributed by atoms with van der Waals surface area (Å²) in [5, 5.41) is 17.1. The zero-order valence-corrected chi connectivity index (χ0v) is 10.8. The van der Waals surface area contributed by atoms with Gasteiger partial charge in [0.2, 0.25) is 0 Å². The third-order valence-corrected chi connectivity index (χ3v) is 3.44. The summed E-state index contributed by atoms with van der Waals surface area (Å²) >= 11 is 1.30. The topological polar surface area (TPSA) is 54.5 Å². The molecule has 18 heavy (non-hydrogen) atoms. The number of hydrogen-bond acceptors (Lipinski definition) is 4. The van der Waals surface area contributed by atoms with Gasteiger partial charge in [-0.2, -0.15) is 5.26 Å². The minimum absolute atomic E-state index is 0.221. The number of aromatic nitrogens is 3. The van der Waals surface area contributed by atoms with Crippen LogP contribution < -0.4 is 0 Å². The van der Waals surface area contributed by atoms with Crippen molar-refractivity contribution in [3.8, 4) is 17.5 Å². The Hall–Kier alpha value is -1.87. The second-order valence-corrected chi connectivity index (χ2v) is 5.04. The Bertz CT molecular complexity index is 602. The molecule has 4 nitrogen and oxygen atoms in total. The summed E-state index contributed by atoms with van der Waals surface area (Å²) in [4.78, 5) is 0. The fourth-order valence-electron chi connectivity index (χ4n) is 1.48. The van der Waals surface area contributed by atoms with E-state index in [9.17, 15) is 4.39 Å². The van der Waals surface area contributed by atoms with E-state index in [1.165, 1.54) is 17.8 Å². The van der Waals surface area contributed by atoms with E-state index in [-0.39, 0.29) is 11.1 Å². The highest BCUT2D eigenvalue weighted by atomic mass is 32.2. The van der Waals surface area contributed by atoms with E-state index >= 15 is 0 Å². The van der Waals surface area contributed by atoms with Gasteiger partial charge in [0.15, 0.2) is 11.0 Å². The van der Waals surface area contributed by atoms with Gasteiger partial charge in [0.1, 0.15) is 5.82 Å². The number of benzene rings is 1. The maximum Gasteiger partial charge on any atom is 0.192 e. The predicted octanol–water partition coefficient (Wildman–Crippen LogP) is 2.63. The standard InChI is InChI=1S/C12H11FN4S/c1-8(7-14)18-12-16-15-11(17(12)2)9-5-3-4-6-10(9)13/h3-6,8H,1-2H3. The van der Waals surface area contributed by atoms with Gasteiger partial charge in [0.25, 0.3) is 0 Å². The van der Waals surface area contributed by atoms with E-state index < -0.39 is 0 Å². The first-order valence-corrected chi connectivity index (χ1v) is 6.22. The molecule has 1 heterocycles. The van der Waals surface area contributed by atoms with Crippen molar-refractivity contribution < 1.29 is 4.39 Å². The van der Waals surface area contributed by atoms with Gasteiger partial charge in [0.05, 0.1) is 16.9 Å². The molecule has 0 aliphatic carbocycles. The molecule has 0 radical (unpaired) electrons.